The zero-order chi connectivity index (χ0) is 32.8. The van der Waals surface area contributed by atoms with Gasteiger partial charge < -0.3 is 23.7 Å². The second-order valence-electron chi connectivity index (χ2n) is 9.87. The zero-order valence-corrected chi connectivity index (χ0v) is 26.4. The van der Waals surface area contributed by atoms with Gasteiger partial charge in [0.25, 0.3) is 11.2 Å². The van der Waals surface area contributed by atoms with Crippen molar-refractivity contribution < 1.29 is 33.4 Å². The summed E-state index contributed by atoms with van der Waals surface area (Å²) in [7, 11) is 2.79. The zero-order valence-electron chi connectivity index (χ0n) is 25.6. The van der Waals surface area contributed by atoms with Gasteiger partial charge in [-0.1, -0.05) is 23.5 Å². The van der Waals surface area contributed by atoms with E-state index >= 15 is 0 Å². The van der Waals surface area contributed by atoms with Gasteiger partial charge in [0.05, 0.1) is 48.5 Å². The molecule has 13 heteroatoms. The van der Waals surface area contributed by atoms with Crippen LogP contribution in [0.2, 0.25) is 0 Å². The Balaban J connectivity index is 1.50. The Morgan fingerprint density at radius 1 is 0.957 bits per heavy atom. The smallest absolute Gasteiger partial charge is 0.337 e. The Morgan fingerprint density at radius 2 is 1.65 bits per heavy atom. The van der Waals surface area contributed by atoms with Crippen molar-refractivity contribution in [3.8, 4) is 23.0 Å². The molecule has 0 N–H and O–H groups in total. The van der Waals surface area contributed by atoms with E-state index in [1.165, 1.54) is 48.5 Å². The lowest BCUT2D eigenvalue weighted by Crippen LogP contribution is -2.39. The number of ether oxygens (including phenoxy) is 5. The summed E-state index contributed by atoms with van der Waals surface area (Å²) in [6.07, 6.45) is 3.15. The molecule has 0 fully saturated rings. The molecule has 1 aliphatic heterocycles. The number of rotatable bonds is 12. The monoisotopic (exact) mass is 645 g/mol. The number of nitrogens with zero attached hydrogens (tertiary/aromatic N) is 3. The lowest BCUT2D eigenvalue weighted by Gasteiger charge is -2.23. The average molecular weight is 646 g/mol. The fourth-order valence-corrected chi connectivity index (χ4v) is 5.88. The normalized spacial score (nSPS) is 14.0. The Bertz CT molecular complexity index is 1980. The standard InChI is InChI=1S/C33H31N3O9S/c1-5-43-26-14-10-22(17-28(26)44-6-2)30-24(32(38)42-4)18-34-33-35(30)31(37)29(46-33)16-21-9-13-25(27(15-21)41-3)45-19-20-7-11-23(12-8-20)36(39)40/h7-18,30H,5-6,19H2,1-4H3/b29-16-/t30-/m1/s1. The molecule has 46 heavy (non-hydrogen) atoms. The van der Waals surface area contributed by atoms with Crippen LogP contribution in [0.4, 0.5) is 5.69 Å². The summed E-state index contributed by atoms with van der Waals surface area (Å²) in [6, 6.07) is 15.8. The predicted octanol–water partition coefficient (Wildman–Crippen LogP) is 4.31. The van der Waals surface area contributed by atoms with Crippen molar-refractivity contribution in [1.29, 1.82) is 0 Å². The van der Waals surface area contributed by atoms with Crippen LogP contribution in [-0.4, -0.2) is 42.9 Å². The number of methoxy groups -OCH3 is 2. The number of hydrogen-bond acceptors (Lipinski definition) is 11. The number of thiazole rings is 1. The van der Waals surface area contributed by atoms with Gasteiger partial charge in [-0.3, -0.25) is 19.5 Å². The number of nitro benzene ring substituents is 1. The van der Waals surface area contributed by atoms with Crippen LogP contribution in [-0.2, 0) is 16.1 Å². The van der Waals surface area contributed by atoms with Gasteiger partial charge in [0.15, 0.2) is 27.8 Å². The number of non-ortho nitro benzene ring substituents is 1. The minimum Gasteiger partial charge on any atom is -0.493 e. The molecule has 0 amide bonds. The molecule has 1 aliphatic rings. The molecule has 0 bridgehead atoms. The number of benzene rings is 3. The van der Waals surface area contributed by atoms with E-state index in [1.54, 1.807) is 54.6 Å². The summed E-state index contributed by atoms with van der Waals surface area (Å²) >= 11 is 1.19. The molecule has 0 saturated heterocycles. The highest BCUT2D eigenvalue weighted by molar-refractivity contribution is 7.07. The van der Waals surface area contributed by atoms with E-state index in [1.807, 2.05) is 13.8 Å². The highest BCUT2D eigenvalue weighted by atomic mass is 32.1. The lowest BCUT2D eigenvalue weighted by molar-refractivity contribution is -0.384. The van der Waals surface area contributed by atoms with E-state index in [0.717, 1.165) is 5.56 Å². The Morgan fingerprint density at radius 3 is 2.33 bits per heavy atom. The average Bonchev–Trinajstić information content (AvgIpc) is 3.38. The van der Waals surface area contributed by atoms with Crippen LogP contribution in [0.25, 0.3) is 6.08 Å². The van der Waals surface area contributed by atoms with Gasteiger partial charge in [-0.05, 0) is 73.0 Å². The van der Waals surface area contributed by atoms with Crippen LogP contribution < -0.4 is 33.8 Å². The van der Waals surface area contributed by atoms with Gasteiger partial charge >= 0.3 is 5.97 Å². The first-order chi connectivity index (χ1) is 22.3. The van der Waals surface area contributed by atoms with E-state index in [9.17, 15) is 19.7 Å². The summed E-state index contributed by atoms with van der Waals surface area (Å²) in [6.45, 7) is 4.75. The van der Waals surface area contributed by atoms with E-state index in [4.69, 9.17) is 23.7 Å². The second kappa shape index (κ2) is 14.1. The number of carbonyl (C=O) groups is 1. The quantitative estimate of drug-likeness (QED) is 0.125. The first kappa shape index (κ1) is 32.0. The Kier molecular flexibility index (Phi) is 9.82. The van der Waals surface area contributed by atoms with Gasteiger partial charge in [0.2, 0.25) is 0 Å². The van der Waals surface area contributed by atoms with Crippen molar-refractivity contribution in [2.75, 3.05) is 27.4 Å². The molecule has 238 valence electrons. The van der Waals surface area contributed by atoms with Crippen LogP contribution in [0, 0.1) is 10.1 Å². The van der Waals surface area contributed by atoms with Crippen LogP contribution in [0.5, 0.6) is 23.0 Å². The molecule has 2 heterocycles. The minimum atomic E-state index is -0.814. The van der Waals surface area contributed by atoms with Gasteiger partial charge in [0.1, 0.15) is 6.61 Å². The number of esters is 1. The largest absolute Gasteiger partial charge is 0.493 e. The summed E-state index contributed by atoms with van der Waals surface area (Å²) < 4.78 is 29.9. The molecule has 3 aromatic carbocycles. The molecule has 1 atom stereocenters. The molecule has 12 nitrogen and oxygen atoms in total. The van der Waals surface area contributed by atoms with Crippen LogP contribution in [0.1, 0.15) is 36.6 Å². The van der Waals surface area contributed by atoms with E-state index in [-0.39, 0.29) is 23.4 Å². The van der Waals surface area contributed by atoms with Crippen molar-refractivity contribution in [2.24, 2.45) is 4.99 Å². The molecule has 0 aliphatic carbocycles. The Labute approximate surface area is 267 Å². The number of aromatic nitrogens is 1. The second-order valence-corrected chi connectivity index (χ2v) is 10.9. The number of nitro groups is 1. The molecule has 0 spiro atoms. The molecule has 1 aromatic heterocycles. The SMILES string of the molecule is CCOc1ccc([C@@H]2C(C(=O)OC)=CN=c3s/c(=C\c4ccc(OCc5ccc([N+](=O)[O-])cc5)c(OC)c4)c(=O)n32)cc1OCC. The van der Waals surface area contributed by atoms with E-state index < -0.39 is 16.9 Å². The summed E-state index contributed by atoms with van der Waals surface area (Å²) in [5, 5.41) is 10.9. The van der Waals surface area contributed by atoms with Crippen LogP contribution in [0.15, 0.2) is 82.2 Å². The fourth-order valence-electron chi connectivity index (χ4n) is 4.91. The summed E-state index contributed by atoms with van der Waals surface area (Å²) in [5.74, 6) is 1.34. The highest BCUT2D eigenvalue weighted by Gasteiger charge is 2.31. The van der Waals surface area contributed by atoms with Crippen molar-refractivity contribution in [3.05, 3.63) is 119 Å². The van der Waals surface area contributed by atoms with E-state index in [2.05, 4.69) is 4.99 Å². The maximum atomic E-state index is 13.9. The minimum absolute atomic E-state index is 0.00135. The molecular weight excluding hydrogens is 614 g/mol. The fraction of sp³-hybridized carbons (Fsp3) is 0.242. The van der Waals surface area contributed by atoms with Crippen molar-refractivity contribution in [1.82, 2.24) is 4.57 Å². The molecule has 5 rings (SSSR count). The van der Waals surface area contributed by atoms with Gasteiger partial charge in [-0.15, -0.1) is 0 Å². The number of fused-ring (bicyclic) bond motifs is 1. The first-order valence-corrected chi connectivity index (χ1v) is 15.1. The third-order valence-corrected chi connectivity index (χ3v) is 8.03. The van der Waals surface area contributed by atoms with Crippen molar-refractivity contribution in [2.45, 2.75) is 26.5 Å². The van der Waals surface area contributed by atoms with Gasteiger partial charge in [-0.2, -0.15) is 0 Å². The molecule has 4 aromatic rings. The maximum absolute atomic E-state index is 13.9. The van der Waals surface area contributed by atoms with Gasteiger partial charge in [0, 0.05) is 18.3 Å². The van der Waals surface area contributed by atoms with Crippen molar-refractivity contribution >= 4 is 29.1 Å². The number of hydrogen-bond donors (Lipinski definition) is 0. The molecule has 0 radical (unpaired) electrons. The highest BCUT2D eigenvalue weighted by Crippen LogP contribution is 2.35. The molecular formula is C33H31N3O9S. The number of carbonyl (C=O) groups excluding carboxylic acids is 1. The summed E-state index contributed by atoms with van der Waals surface area (Å²) in [5.41, 5.74) is 1.91. The van der Waals surface area contributed by atoms with Crippen molar-refractivity contribution in [3.63, 3.8) is 0 Å². The Hall–Kier alpha value is -5.43. The third kappa shape index (κ3) is 6.64. The van der Waals surface area contributed by atoms with Crippen LogP contribution in [0.3, 0.4) is 0 Å². The van der Waals surface area contributed by atoms with E-state index in [0.29, 0.717) is 56.7 Å². The maximum Gasteiger partial charge on any atom is 0.337 e. The lowest BCUT2D eigenvalue weighted by atomic mass is 9.97. The predicted molar refractivity (Wildman–Crippen MR) is 170 cm³/mol. The third-order valence-electron chi connectivity index (χ3n) is 7.03. The van der Waals surface area contributed by atoms with Gasteiger partial charge in [-0.25, -0.2) is 9.79 Å². The first-order valence-electron chi connectivity index (χ1n) is 14.3. The molecule has 0 saturated carbocycles. The topological polar surface area (TPSA) is 141 Å². The summed E-state index contributed by atoms with van der Waals surface area (Å²) in [4.78, 5) is 42.1. The molecule has 0 unspecified atom stereocenters. The van der Waals surface area contributed by atoms with Crippen LogP contribution >= 0.6 is 11.3 Å².